The lowest BCUT2D eigenvalue weighted by Crippen LogP contribution is -2.27. The van der Waals surface area contributed by atoms with E-state index in [2.05, 4.69) is 32.6 Å². The summed E-state index contributed by atoms with van der Waals surface area (Å²) in [6.45, 7) is 3.78. The van der Waals surface area contributed by atoms with Crippen molar-refractivity contribution in [1.82, 2.24) is 24.6 Å². The number of anilines is 3. The summed E-state index contributed by atoms with van der Waals surface area (Å²) in [7, 11) is 0. The normalized spacial score (nSPS) is 21.6. The Kier molecular flexibility index (Phi) is 8.12. The van der Waals surface area contributed by atoms with Crippen molar-refractivity contribution in [3.05, 3.63) is 24.2 Å². The standard InChI is InChI=1S/C24H34F3N7O/c1-17-6-2-3-7-19(10-9-17)34-16-18(14-30-34)31-23-29-15-20(24(25,26)27)22(32-23)28-11-5-13-33-12-4-8-21(33)35/h14-17,19H,2-13H2,1H3,(H2,28,29,31,32). The minimum absolute atomic E-state index is 0.0704. The van der Waals surface area contributed by atoms with Gasteiger partial charge >= 0.3 is 6.18 Å². The number of hydrogen-bond acceptors (Lipinski definition) is 6. The average Bonchev–Trinajstić information content (AvgIpc) is 3.42. The van der Waals surface area contributed by atoms with Crippen molar-refractivity contribution >= 4 is 23.4 Å². The van der Waals surface area contributed by atoms with Crippen LogP contribution in [0.5, 0.6) is 0 Å². The highest BCUT2D eigenvalue weighted by Gasteiger charge is 2.35. The maximum atomic E-state index is 13.5. The van der Waals surface area contributed by atoms with E-state index < -0.39 is 11.7 Å². The topological polar surface area (TPSA) is 88.0 Å². The fourth-order valence-corrected chi connectivity index (χ4v) is 4.84. The van der Waals surface area contributed by atoms with E-state index >= 15 is 0 Å². The van der Waals surface area contributed by atoms with Gasteiger partial charge in [-0.25, -0.2) is 4.98 Å². The van der Waals surface area contributed by atoms with Crippen LogP contribution in [0.1, 0.15) is 76.3 Å². The SMILES string of the molecule is CC1CCCCC(n2cc(Nc3ncc(C(F)(F)F)c(NCCCN4CCCC4=O)n3)cn2)CC1. The Balaban J connectivity index is 1.40. The molecule has 4 rings (SSSR count). The second-order valence-corrected chi connectivity index (χ2v) is 9.67. The second kappa shape index (κ2) is 11.3. The van der Waals surface area contributed by atoms with Crippen LogP contribution in [0.4, 0.5) is 30.6 Å². The van der Waals surface area contributed by atoms with Gasteiger partial charge in [0.25, 0.3) is 0 Å². The number of carbonyl (C=O) groups is 1. The first-order valence-electron chi connectivity index (χ1n) is 12.6. The molecule has 0 spiro atoms. The predicted molar refractivity (Wildman–Crippen MR) is 127 cm³/mol. The van der Waals surface area contributed by atoms with Gasteiger partial charge in [0.2, 0.25) is 11.9 Å². The first kappa shape index (κ1) is 25.2. The number of carbonyl (C=O) groups excluding carboxylic acids is 1. The van der Waals surface area contributed by atoms with Gasteiger partial charge in [0, 0.05) is 38.4 Å². The molecule has 2 aliphatic rings. The van der Waals surface area contributed by atoms with Crippen molar-refractivity contribution in [2.75, 3.05) is 30.3 Å². The van der Waals surface area contributed by atoms with Crippen LogP contribution in [0.3, 0.4) is 0 Å². The van der Waals surface area contributed by atoms with Crippen molar-refractivity contribution in [3.8, 4) is 0 Å². The summed E-state index contributed by atoms with van der Waals surface area (Å²) in [6, 6.07) is 0.321. The van der Waals surface area contributed by atoms with Crippen LogP contribution in [0, 0.1) is 5.92 Å². The predicted octanol–water partition coefficient (Wildman–Crippen LogP) is 5.39. The summed E-state index contributed by atoms with van der Waals surface area (Å²) in [5.41, 5.74) is -0.280. The molecular formula is C24H34F3N7O. The first-order chi connectivity index (χ1) is 16.8. The highest BCUT2D eigenvalue weighted by molar-refractivity contribution is 5.78. The van der Waals surface area contributed by atoms with E-state index in [-0.39, 0.29) is 24.2 Å². The summed E-state index contributed by atoms with van der Waals surface area (Å²) < 4.78 is 42.5. The van der Waals surface area contributed by atoms with Crippen molar-refractivity contribution in [2.24, 2.45) is 5.92 Å². The molecule has 2 unspecified atom stereocenters. The van der Waals surface area contributed by atoms with Gasteiger partial charge < -0.3 is 15.5 Å². The van der Waals surface area contributed by atoms with Crippen LogP contribution >= 0.6 is 0 Å². The molecule has 35 heavy (non-hydrogen) atoms. The summed E-state index contributed by atoms with van der Waals surface area (Å²) in [4.78, 5) is 21.5. The molecule has 11 heteroatoms. The number of hydrogen-bond donors (Lipinski definition) is 2. The van der Waals surface area contributed by atoms with Crippen LogP contribution in [0.15, 0.2) is 18.6 Å². The van der Waals surface area contributed by atoms with Crippen LogP contribution < -0.4 is 10.6 Å². The van der Waals surface area contributed by atoms with Crippen molar-refractivity contribution in [1.29, 1.82) is 0 Å². The van der Waals surface area contributed by atoms with Crippen LogP contribution in [0.2, 0.25) is 0 Å². The Bertz CT molecular complexity index is 994. The summed E-state index contributed by atoms with van der Waals surface area (Å²) in [5, 5.41) is 10.3. The molecule has 1 saturated heterocycles. The Hall–Kier alpha value is -2.85. The Morgan fingerprint density at radius 1 is 1.11 bits per heavy atom. The van der Waals surface area contributed by atoms with E-state index in [1.807, 2.05) is 10.9 Å². The van der Waals surface area contributed by atoms with Gasteiger partial charge in [-0.15, -0.1) is 0 Å². The largest absolute Gasteiger partial charge is 0.421 e. The zero-order valence-electron chi connectivity index (χ0n) is 20.2. The first-order valence-corrected chi connectivity index (χ1v) is 12.6. The number of alkyl halides is 3. The third-order valence-electron chi connectivity index (χ3n) is 6.87. The lowest BCUT2D eigenvalue weighted by molar-refractivity contribution is -0.137. The van der Waals surface area contributed by atoms with E-state index in [0.29, 0.717) is 43.6 Å². The third-order valence-corrected chi connectivity index (χ3v) is 6.87. The molecule has 1 aliphatic carbocycles. The smallest absolute Gasteiger partial charge is 0.369 e. The van der Waals surface area contributed by atoms with E-state index in [9.17, 15) is 18.0 Å². The molecule has 0 radical (unpaired) electrons. The van der Waals surface area contributed by atoms with Gasteiger partial charge in [-0.2, -0.15) is 23.3 Å². The maximum absolute atomic E-state index is 13.5. The summed E-state index contributed by atoms with van der Waals surface area (Å²) in [6.07, 6.45) is 8.63. The zero-order chi connectivity index (χ0) is 24.8. The van der Waals surface area contributed by atoms with Gasteiger partial charge in [-0.1, -0.05) is 26.2 Å². The molecule has 0 aromatic carbocycles. The van der Waals surface area contributed by atoms with Gasteiger partial charge in [-0.3, -0.25) is 9.48 Å². The Labute approximate surface area is 203 Å². The second-order valence-electron chi connectivity index (χ2n) is 9.67. The molecule has 1 saturated carbocycles. The molecule has 8 nitrogen and oxygen atoms in total. The fourth-order valence-electron chi connectivity index (χ4n) is 4.84. The van der Waals surface area contributed by atoms with Crippen LogP contribution in [-0.2, 0) is 11.0 Å². The molecular weight excluding hydrogens is 459 g/mol. The summed E-state index contributed by atoms with van der Waals surface area (Å²) in [5.74, 6) is 0.613. The van der Waals surface area contributed by atoms with Crippen molar-refractivity contribution in [3.63, 3.8) is 0 Å². The number of amides is 1. The molecule has 2 aromatic heterocycles. The van der Waals surface area contributed by atoms with Crippen LogP contribution in [0.25, 0.3) is 0 Å². The lowest BCUT2D eigenvalue weighted by atomic mass is 9.90. The van der Waals surface area contributed by atoms with Gasteiger partial charge in [0.05, 0.1) is 17.9 Å². The molecule has 3 heterocycles. The molecule has 2 aromatic rings. The van der Waals surface area contributed by atoms with Crippen LogP contribution in [-0.4, -0.2) is 50.2 Å². The van der Waals surface area contributed by atoms with Gasteiger partial charge in [-0.05, 0) is 38.0 Å². The van der Waals surface area contributed by atoms with Crippen molar-refractivity contribution in [2.45, 2.75) is 76.9 Å². The molecule has 2 fully saturated rings. The quantitative estimate of drug-likeness (QED) is 0.480. The van der Waals surface area contributed by atoms with E-state index in [1.54, 1.807) is 11.1 Å². The number of likely N-dealkylation sites (tertiary alicyclic amines) is 1. The lowest BCUT2D eigenvalue weighted by Gasteiger charge is -2.23. The minimum Gasteiger partial charge on any atom is -0.369 e. The monoisotopic (exact) mass is 493 g/mol. The molecule has 1 amide bonds. The van der Waals surface area contributed by atoms with Gasteiger partial charge in [0.1, 0.15) is 11.4 Å². The molecule has 2 atom stereocenters. The highest BCUT2D eigenvalue weighted by atomic mass is 19.4. The number of nitrogens with one attached hydrogen (secondary N) is 2. The van der Waals surface area contributed by atoms with E-state index in [4.69, 9.17) is 0 Å². The minimum atomic E-state index is -4.58. The molecule has 0 bridgehead atoms. The van der Waals surface area contributed by atoms with E-state index in [1.165, 1.54) is 19.3 Å². The van der Waals surface area contributed by atoms with Crippen molar-refractivity contribution < 1.29 is 18.0 Å². The molecule has 2 N–H and O–H groups in total. The highest BCUT2D eigenvalue weighted by Crippen LogP contribution is 2.34. The van der Waals surface area contributed by atoms with E-state index in [0.717, 1.165) is 31.9 Å². The number of halogens is 3. The Morgan fingerprint density at radius 3 is 2.71 bits per heavy atom. The number of aromatic nitrogens is 4. The molecule has 1 aliphatic heterocycles. The maximum Gasteiger partial charge on any atom is 0.421 e. The Morgan fingerprint density at radius 2 is 1.94 bits per heavy atom. The fraction of sp³-hybridized carbons (Fsp3) is 0.667. The summed E-state index contributed by atoms with van der Waals surface area (Å²) >= 11 is 0. The average molecular weight is 494 g/mol. The third kappa shape index (κ3) is 6.85. The number of nitrogens with zero attached hydrogens (tertiary/aromatic N) is 5. The molecule has 192 valence electrons. The zero-order valence-corrected chi connectivity index (χ0v) is 20.2. The van der Waals surface area contributed by atoms with Gasteiger partial charge in [0.15, 0.2) is 0 Å². The number of rotatable bonds is 8.